The molecule has 0 unspecified atom stereocenters. The lowest BCUT2D eigenvalue weighted by atomic mass is 9.44. The minimum Gasteiger partial charge on any atom is -0.456 e. The molecule has 6 rings (SSSR count). The standard InChI is InChI=1S/C44H52N2O14/c1-23(47)59-43-22-56-29(43)20-28(48)42(7)34(43)36(58-37(52)25-16-12-9-13-17-25)44(55)21-27(26(18-19-45)30(41(44,5)6)32(49)35(42)51)57-38(53)33(50)31(24-14-10-8-11-15-24)46-39(54)60-40(2,3)4/h8-17,27-29,31-34,36,48-50,55H,18,20-22H2,1-7H3,(H,46,54)/t27-,28-,29+,31-,32+,33+,34-,36-,42+,43-,44+/m0/s1. The lowest BCUT2D eigenvalue weighted by Crippen LogP contribution is -2.81. The second-order valence-corrected chi connectivity index (χ2v) is 17.8. The van der Waals surface area contributed by atoms with Crippen molar-refractivity contribution in [2.24, 2.45) is 16.7 Å². The fourth-order valence-corrected chi connectivity index (χ4v) is 9.68. The molecule has 2 bridgehead atoms. The first-order chi connectivity index (χ1) is 28.0. The second-order valence-electron chi connectivity index (χ2n) is 17.8. The average Bonchev–Trinajstić information content (AvgIpc) is 3.17. The van der Waals surface area contributed by atoms with E-state index in [2.05, 4.69) is 5.32 Å². The first kappa shape index (κ1) is 44.4. The van der Waals surface area contributed by atoms with Crippen LogP contribution in [-0.2, 0) is 38.1 Å². The van der Waals surface area contributed by atoms with Crippen molar-refractivity contribution in [1.29, 1.82) is 5.26 Å². The minimum atomic E-state index is -2.47. The van der Waals surface area contributed by atoms with Gasteiger partial charge in [-0.05, 0) is 56.5 Å². The number of esters is 3. The van der Waals surface area contributed by atoms with E-state index in [1.54, 1.807) is 69.3 Å². The van der Waals surface area contributed by atoms with Crippen LogP contribution < -0.4 is 5.32 Å². The average molecular weight is 833 g/mol. The zero-order valence-corrected chi connectivity index (χ0v) is 34.5. The van der Waals surface area contributed by atoms with Gasteiger partial charge in [0.2, 0.25) is 0 Å². The summed E-state index contributed by atoms with van der Waals surface area (Å²) in [6.07, 6.45) is -12.9. The molecule has 1 saturated heterocycles. The topological polar surface area (TPSA) is 248 Å². The predicted molar refractivity (Wildman–Crippen MR) is 208 cm³/mol. The molecular formula is C44H52N2O14. The van der Waals surface area contributed by atoms with Crippen molar-refractivity contribution in [3.63, 3.8) is 0 Å². The summed E-state index contributed by atoms with van der Waals surface area (Å²) < 4.78 is 29.5. The van der Waals surface area contributed by atoms with E-state index in [4.69, 9.17) is 23.7 Å². The summed E-state index contributed by atoms with van der Waals surface area (Å²) in [5.74, 6) is -5.69. The third-order valence-corrected chi connectivity index (χ3v) is 12.7. The molecule has 16 nitrogen and oxygen atoms in total. The monoisotopic (exact) mass is 832 g/mol. The molecule has 60 heavy (non-hydrogen) atoms. The molecule has 3 fully saturated rings. The number of hydrogen-bond donors (Lipinski definition) is 5. The first-order valence-corrected chi connectivity index (χ1v) is 19.8. The summed E-state index contributed by atoms with van der Waals surface area (Å²) in [5, 5.41) is 62.0. The fraction of sp³-hybridized carbons (Fsp3) is 0.545. The number of aliphatic hydroxyl groups excluding tert-OH is 3. The highest BCUT2D eigenvalue weighted by Gasteiger charge is 2.78. The molecule has 2 aromatic carbocycles. The van der Waals surface area contributed by atoms with Gasteiger partial charge in [-0.1, -0.05) is 62.4 Å². The van der Waals surface area contributed by atoms with Crippen molar-refractivity contribution in [3.05, 3.63) is 82.9 Å². The summed E-state index contributed by atoms with van der Waals surface area (Å²) in [4.78, 5) is 69.3. The van der Waals surface area contributed by atoms with E-state index in [1.807, 2.05) is 6.07 Å². The molecule has 2 saturated carbocycles. The lowest BCUT2D eigenvalue weighted by Gasteiger charge is -2.67. The summed E-state index contributed by atoms with van der Waals surface area (Å²) in [6.45, 7) is 9.96. The molecule has 322 valence electrons. The number of ketones is 1. The normalized spacial score (nSPS) is 32.8. The van der Waals surface area contributed by atoms with E-state index >= 15 is 4.79 Å². The number of ether oxygens (including phenoxy) is 5. The van der Waals surface area contributed by atoms with E-state index < -0.39 is 119 Å². The maximum atomic E-state index is 15.1. The Morgan fingerprint density at radius 2 is 1.62 bits per heavy atom. The van der Waals surface area contributed by atoms with E-state index in [-0.39, 0.29) is 35.3 Å². The van der Waals surface area contributed by atoms with Crippen LogP contribution >= 0.6 is 0 Å². The highest BCUT2D eigenvalue weighted by molar-refractivity contribution is 5.94. The second kappa shape index (κ2) is 16.0. The number of fused-ring (bicyclic) bond motifs is 5. The van der Waals surface area contributed by atoms with Crippen LogP contribution in [0.2, 0.25) is 0 Å². The first-order valence-electron chi connectivity index (χ1n) is 19.8. The summed E-state index contributed by atoms with van der Waals surface area (Å²) in [7, 11) is 0. The number of amides is 1. The highest BCUT2D eigenvalue weighted by Crippen LogP contribution is 2.64. The van der Waals surface area contributed by atoms with Gasteiger partial charge in [0, 0.05) is 25.2 Å². The molecule has 3 aliphatic carbocycles. The number of aliphatic hydroxyl groups is 4. The number of carbonyl (C=O) groups excluding carboxylic acids is 5. The lowest BCUT2D eigenvalue weighted by molar-refractivity contribution is -0.346. The van der Waals surface area contributed by atoms with Crippen LogP contribution in [0.3, 0.4) is 0 Å². The molecule has 0 aromatic heterocycles. The molecular weight excluding hydrogens is 780 g/mol. The third-order valence-electron chi connectivity index (χ3n) is 12.7. The van der Waals surface area contributed by atoms with Gasteiger partial charge in [0.25, 0.3) is 0 Å². The molecule has 1 amide bonds. The maximum absolute atomic E-state index is 15.1. The zero-order chi connectivity index (χ0) is 44.2. The molecule has 2 aromatic rings. The number of nitriles is 1. The number of benzene rings is 2. The van der Waals surface area contributed by atoms with Crippen molar-refractivity contribution in [1.82, 2.24) is 5.32 Å². The molecule has 11 atom stereocenters. The molecule has 16 heteroatoms. The van der Waals surface area contributed by atoms with Gasteiger partial charge in [-0.2, -0.15) is 5.26 Å². The van der Waals surface area contributed by atoms with Crippen LogP contribution in [0.1, 0.15) is 89.7 Å². The van der Waals surface area contributed by atoms with Crippen molar-refractivity contribution in [2.45, 2.75) is 127 Å². The molecule has 4 aliphatic rings. The van der Waals surface area contributed by atoms with Gasteiger partial charge in [0.05, 0.1) is 48.1 Å². The van der Waals surface area contributed by atoms with E-state index in [0.29, 0.717) is 0 Å². The van der Waals surface area contributed by atoms with Gasteiger partial charge >= 0.3 is 24.0 Å². The molecule has 0 radical (unpaired) electrons. The van der Waals surface area contributed by atoms with E-state index in [1.165, 1.54) is 32.9 Å². The Hall–Kier alpha value is -5.18. The molecule has 5 N–H and O–H groups in total. The van der Waals surface area contributed by atoms with Crippen molar-refractivity contribution in [3.8, 4) is 6.07 Å². The van der Waals surface area contributed by atoms with Gasteiger partial charge in [-0.25, -0.2) is 14.4 Å². The number of carbonyl (C=O) groups is 5. The van der Waals surface area contributed by atoms with Crippen LogP contribution in [-0.4, -0.2) is 110 Å². The summed E-state index contributed by atoms with van der Waals surface area (Å²) in [5.41, 5.74) is -9.06. The van der Waals surface area contributed by atoms with Gasteiger partial charge < -0.3 is 49.4 Å². The third kappa shape index (κ3) is 7.47. The largest absolute Gasteiger partial charge is 0.456 e. The van der Waals surface area contributed by atoms with Crippen LogP contribution in [0.5, 0.6) is 0 Å². The Morgan fingerprint density at radius 3 is 2.17 bits per heavy atom. The number of alkyl carbamates (subject to hydrolysis) is 1. The number of nitrogens with zero attached hydrogens (tertiary/aromatic N) is 1. The maximum Gasteiger partial charge on any atom is 0.408 e. The Labute approximate surface area is 347 Å². The van der Waals surface area contributed by atoms with Gasteiger partial charge in [-0.15, -0.1) is 0 Å². The highest BCUT2D eigenvalue weighted by atomic mass is 16.6. The molecule has 1 heterocycles. The minimum absolute atomic E-state index is 0.0422. The van der Waals surface area contributed by atoms with Crippen molar-refractivity contribution in [2.75, 3.05) is 6.61 Å². The van der Waals surface area contributed by atoms with Crippen molar-refractivity contribution >= 4 is 29.8 Å². The van der Waals surface area contributed by atoms with E-state index in [9.17, 15) is 44.9 Å². The molecule has 1 aliphatic heterocycles. The Kier molecular flexibility index (Phi) is 11.8. The number of nitrogens with one attached hydrogen (secondary N) is 1. The van der Waals surface area contributed by atoms with Gasteiger partial charge in [0.15, 0.2) is 17.5 Å². The van der Waals surface area contributed by atoms with Gasteiger partial charge in [-0.3, -0.25) is 9.59 Å². The number of hydrogen-bond acceptors (Lipinski definition) is 15. The van der Waals surface area contributed by atoms with Crippen LogP contribution in [0.15, 0.2) is 71.8 Å². The fourth-order valence-electron chi connectivity index (χ4n) is 9.68. The van der Waals surface area contributed by atoms with E-state index in [0.717, 1.165) is 6.92 Å². The SMILES string of the molecule is CC(=O)O[C@@]12CO[C@@H]1C[C@H](O)[C@@]1(C)C(=O)[C@H](O)C3=C(CC#N)[C@@H](OC(=O)[C@H](O)[C@@H](NC(=O)OC(C)(C)C)c4ccccc4)C[C@@](O)([C@@H](OC(=O)c4ccccc4)[C@H]21)C3(C)C. The zero-order valence-electron chi connectivity index (χ0n) is 34.5. The van der Waals surface area contributed by atoms with Crippen molar-refractivity contribution < 1.29 is 68.1 Å². The Bertz CT molecular complexity index is 2090. The van der Waals surface area contributed by atoms with Gasteiger partial charge in [0.1, 0.15) is 35.6 Å². The summed E-state index contributed by atoms with van der Waals surface area (Å²) in [6, 6.07) is 16.3. The predicted octanol–water partition coefficient (Wildman–Crippen LogP) is 3.15. The Morgan fingerprint density at radius 1 is 1.00 bits per heavy atom. The van der Waals surface area contributed by atoms with Crippen LogP contribution in [0.25, 0.3) is 0 Å². The van der Waals surface area contributed by atoms with Crippen LogP contribution in [0.4, 0.5) is 4.79 Å². The quantitative estimate of drug-likeness (QED) is 0.138. The number of Topliss-reactive ketones (excluding diaryl/α,β-unsaturated/α-hetero) is 1. The Balaban J connectivity index is 1.53. The van der Waals surface area contributed by atoms with Crippen LogP contribution in [0, 0.1) is 28.1 Å². The molecule has 0 spiro atoms. The smallest absolute Gasteiger partial charge is 0.408 e. The summed E-state index contributed by atoms with van der Waals surface area (Å²) >= 11 is 0. The number of rotatable bonds is 9.